The van der Waals surface area contributed by atoms with E-state index in [1.807, 2.05) is 0 Å². The van der Waals surface area contributed by atoms with Gasteiger partial charge in [-0.3, -0.25) is 4.79 Å². The van der Waals surface area contributed by atoms with E-state index >= 15 is 0 Å². The van der Waals surface area contributed by atoms with Crippen molar-refractivity contribution in [1.29, 1.82) is 0 Å². The first-order chi connectivity index (χ1) is 8.45. The Kier molecular flexibility index (Phi) is 4.83. The molecule has 98 valence electrons. The van der Waals surface area contributed by atoms with Gasteiger partial charge in [0.25, 0.3) is 5.91 Å². The van der Waals surface area contributed by atoms with Crippen LogP contribution in [0.4, 0.5) is 4.39 Å². The largest absolute Gasteiger partial charge is 0.464 e. The smallest absolute Gasteiger partial charge is 0.328 e. The zero-order valence-electron chi connectivity index (χ0n) is 10.6. The number of hydrogen-bond acceptors (Lipinski definition) is 3. The number of nitrogens with one attached hydrogen (secondary N) is 1. The quantitative estimate of drug-likeness (QED) is 0.833. The van der Waals surface area contributed by atoms with Gasteiger partial charge in [-0.2, -0.15) is 0 Å². The molecule has 1 amide bonds. The van der Waals surface area contributed by atoms with Gasteiger partial charge in [-0.25, -0.2) is 9.18 Å². The van der Waals surface area contributed by atoms with Crippen LogP contribution < -0.4 is 5.32 Å². The Morgan fingerprint density at radius 3 is 2.72 bits per heavy atom. The molecule has 0 spiro atoms. The van der Waals surface area contributed by atoms with E-state index in [4.69, 9.17) is 4.74 Å². The second-order valence-corrected chi connectivity index (χ2v) is 3.93. The van der Waals surface area contributed by atoms with E-state index < -0.39 is 23.7 Å². The fraction of sp³-hybridized carbons (Fsp3) is 0.385. The standard InChI is InChI=1S/C13H16FNO3/c1-4-18-13(17)9(3)15-12(16)10-7-8(2)5-6-11(10)14/h5-7,9H,4H2,1-3H3,(H,15,16). The molecular formula is C13H16FNO3. The number of hydrogen-bond donors (Lipinski definition) is 1. The summed E-state index contributed by atoms with van der Waals surface area (Å²) in [4.78, 5) is 23.1. The predicted molar refractivity (Wildman–Crippen MR) is 64.7 cm³/mol. The van der Waals surface area contributed by atoms with E-state index in [-0.39, 0.29) is 12.2 Å². The van der Waals surface area contributed by atoms with Crippen molar-refractivity contribution >= 4 is 11.9 Å². The van der Waals surface area contributed by atoms with Gasteiger partial charge in [0.15, 0.2) is 0 Å². The molecule has 1 N–H and O–H groups in total. The van der Waals surface area contributed by atoms with Gasteiger partial charge in [-0.15, -0.1) is 0 Å². The van der Waals surface area contributed by atoms with Crippen LogP contribution in [0.1, 0.15) is 29.8 Å². The average Bonchev–Trinajstić information content (AvgIpc) is 2.32. The SMILES string of the molecule is CCOC(=O)C(C)NC(=O)c1cc(C)ccc1F. The van der Waals surface area contributed by atoms with Crippen molar-refractivity contribution < 1.29 is 18.7 Å². The minimum atomic E-state index is -0.808. The number of carbonyl (C=O) groups is 2. The summed E-state index contributed by atoms with van der Waals surface area (Å²) in [5, 5.41) is 2.40. The third-order valence-electron chi connectivity index (χ3n) is 2.35. The summed E-state index contributed by atoms with van der Waals surface area (Å²) >= 11 is 0. The number of carbonyl (C=O) groups excluding carboxylic acids is 2. The predicted octanol–water partition coefficient (Wildman–Crippen LogP) is 1.82. The number of esters is 1. The maximum absolute atomic E-state index is 13.4. The molecule has 0 heterocycles. The topological polar surface area (TPSA) is 55.4 Å². The van der Waals surface area contributed by atoms with Crippen molar-refractivity contribution in [3.05, 3.63) is 35.1 Å². The molecule has 1 aromatic carbocycles. The molecule has 0 aromatic heterocycles. The summed E-state index contributed by atoms with van der Waals surface area (Å²) in [6.07, 6.45) is 0. The van der Waals surface area contributed by atoms with Gasteiger partial charge in [-0.05, 0) is 32.9 Å². The minimum absolute atomic E-state index is 0.0776. The fourth-order valence-corrected chi connectivity index (χ4v) is 1.41. The van der Waals surface area contributed by atoms with Crippen LogP contribution in [0.2, 0.25) is 0 Å². The Morgan fingerprint density at radius 2 is 2.11 bits per heavy atom. The van der Waals surface area contributed by atoms with Crippen molar-refractivity contribution in [2.75, 3.05) is 6.61 Å². The minimum Gasteiger partial charge on any atom is -0.464 e. The third-order valence-corrected chi connectivity index (χ3v) is 2.35. The number of ether oxygens (including phenoxy) is 1. The number of halogens is 1. The molecule has 0 saturated carbocycles. The molecule has 1 atom stereocenters. The Balaban J connectivity index is 2.76. The summed E-state index contributed by atoms with van der Waals surface area (Å²) < 4.78 is 18.2. The lowest BCUT2D eigenvalue weighted by Gasteiger charge is -2.13. The van der Waals surface area contributed by atoms with Crippen LogP contribution in [0, 0.1) is 12.7 Å². The first-order valence-electron chi connectivity index (χ1n) is 5.69. The van der Waals surface area contributed by atoms with E-state index in [1.54, 1.807) is 19.9 Å². The molecule has 1 unspecified atom stereocenters. The summed E-state index contributed by atoms with van der Waals surface area (Å²) in [6.45, 7) is 5.15. The highest BCUT2D eigenvalue weighted by molar-refractivity contribution is 5.97. The first-order valence-corrected chi connectivity index (χ1v) is 5.69. The van der Waals surface area contributed by atoms with Crippen molar-refractivity contribution in [2.24, 2.45) is 0 Å². The van der Waals surface area contributed by atoms with E-state index in [0.29, 0.717) is 0 Å². The van der Waals surface area contributed by atoms with Crippen LogP contribution in [0.15, 0.2) is 18.2 Å². The van der Waals surface area contributed by atoms with E-state index in [1.165, 1.54) is 19.1 Å². The van der Waals surface area contributed by atoms with Crippen molar-refractivity contribution in [3.63, 3.8) is 0 Å². The van der Waals surface area contributed by atoms with Gasteiger partial charge < -0.3 is 10.1 Å². The van der Waals surface area contributed by atoms with E-state index in [0.717, 1.165) is 5.56 Å². The molecule has 0 saturated heterocycles. The number of rotatable bonds is 4. The second kappa shape index (κ2) is 6.14. The molecule has 1 rings (SSSR count). The van der Waals surface area contributed by atoms with E-state index in [9.17, 15) is 14.0 Å². The monoisotopic (exact) mass is 253 g/mol. The van der Waals surface area contributed by atoms with Gasteiger partial charge in [0.2, 0.25) is 0 Å². The molecule has 1 aromatic rings. The number of amides is 1. The van der Waals surface area contributed by atoms with Gasteiger partial charge in [0, 0.05) is 0 Å². The lowest BCUT2D eigenvalue weighted by atomic mass is 10.1. The highest BCUT2D eigenvalue weighted by Gasteiger charge is 2.19. The van der Waals surface area contributed by atoms with Crippen LogP contribution in [-0.2, 0) is 9.53 Å². The second-order valence-electron chi connectivity index (χ2n) is 3.93. The normalized spacial score (nSPS) is 11.8. The molecule has 5 heteroatoms. The van der Waals surface area contributed by atoms with Crippen LogP contribution in [-0.4, -0.2) is 24.5 Å². The van der Waals surface area contributed by atoms with Gasteiger partial charge in [0.05, 0.1) is 12.2 Å². The van der Waals surface area contributed by atoms with Crippen LogP contribution in [0.25, 0.3) is 0 Å². The third kappa shape index (κ3) is 3.55. The molecule has 0 aliphatic carbocycles. The highest BCUT2D eigenvalue weighted by atomic mass is 19.1. The van der Waals surface area contributed by atoms with Crippen LogP contribution in [0.3, 0.4) is 0 Å². The molecule has 4 nitrogen and oxygen atoms in total. The molecule has 18 heavy (non-hydrogen) atoms. The maximum atomic E-state index is 13.4. The summed E-state index contributed by atoms with van der Waals surface area (Å²) in [7, 11) is 0. The summed E-state index contributed by atoms with van der Waals surface area (Å²) in [5.41, 5.74) is 0.691. The zero-order valence-corrected chi connectivity index (χ0v) is 10.6. The lowest BCUT2D eigenvalue weighted by Crippen LogP contribution is -2.39. The Bertz CT molecular complexity index is 460. The van der Waals surface area contributed by atoms with E-state index in [2.05, 4.69) is 5.32 Å². The zero-order chi connectivity index (χ0) is 13.7. The summed E-state index contributed by atoms with van der Waals surface area (Å²) in [6, 6.07) is 3.42. The summed E-state index contributed by atoms with van der Waals surface area (Å²) in [5.74, 6) is -1.79. The Morgan fingerprint density at radius 1 is 1.44 bits per heavy atom. The Labute approximate surface area is 105 Å². The highest BCUT2D eigenvalue weighted by Crippen LogP contribution is 2.10. The number of aryl methyl sites for hydroxylation is 1. The lowest BCUT2D eigenvalue weighted by molar-refractivity contribution is -0.144. The van der Waals surface area contributed by atoms with Crippen LogP contribution >= 0.6 is 0 Å². The van der Waals surface area contributed by atoms with Crippen molar-refractivity contribution in [3.8, 4) is 0 Å². The molecular weight excluding hydrogens is 237 g/mol. The van der Waals surface area contributed by atoms with Crippen molar-refractivity contribution in [2.45, 2.75) is 26.8 Å². The Hall–Kier alpha value is -1.91. The van der Waals surface area contributed by atoms with Gasteiger partial charge in [0.1, 0.15) is 11.9 Å². The molecule has 0 radical (unpaired) electrons. The number of benzene rings is 1. The molecule has 0 bridgehead atoms. The van der Waals surface area contributed by atoms with Crippen LogP contribution in [0.5, 0.6) is 0 Å². The van der Waals surface area contributed by atoms with Crippen molar-refractivity contribution in [1.82, 2.24) is 5.32 Å². The fourth-order valence-electron chi connectivity index (χ4n) is 1.41. The maximum Gasteiger partial charge on any atom is 0.328 e. The van der Waals surface area contributed by atoms with Gasteiger partial charge >= 0.3 is 5.97 Å². The van der Waals surface area contributed by atoms with Gasteiger partial charge in [-0.1, -0.05) is 11.6 Å². The first kappa shape index (κ1) is 14.2. The molecule has 0 aliphatic heterocycles. The molecule has 0 fully saturated rings. The average molecular weight is 253 g/mol. The molecule has 0 aliphatic rings.